The normalized spacial score (nSPS) is 12.1. The summed E-state index contributed by atoms with van der Waals surface area (Å²) < 4.78 is 5.26. The van der Waals surface area contributed by atoms with Crippen molar-refractivity contribution in [1.82, 2.24) is 5.43 Å². The van der Waals surface area contributed by atoms with E-state index in [9.17, 15) is 0 Å². The Morgan fingerprint density at radius 3 is 2.52 bits per heavy atom. The summed E-state index contributed by atoms with van der Waals surface area (Å²) in [5.41, 5.74) is 5.56. The van der Waals surface area contributed by atoms with E-state index in [0.29, 0.717) is 6.04 Å². The lowest BCUT2D eigenvalue weighted by Gasteiger charge is -2.16. The molecule has 3 N–H and O–H groups in total. The molecule has 21 heavy (non-hydrogen) atoms. The van der Waals surface area contributed by atoms with E-state index >= 15 is 0 Å². The Morgan fingerprint density at radius 2 is 1.81 bits per heavy atom. The van der Waals surface area contributed by atoms with E-state index in [1.54, 1.807) is 7.11 Å². The minimum Gasteiger partial charge on any atom is -0.497 e. The molecule has 0 aliphatic rings. The molecule has 0 radical (unpaired) electrons. The molecule has 0 heterocycles. The highest BCUT2D eigenvalue weighted by Crippen LogP contribution is 2.16. The molecule has 0 aromatic heterocycles. The summed E-state index contributed by atoms with van der Waals surface area (Å²) in [6.45, 7) is 0. The number of hydrogen-bond acceptors (Lipinski definition) is 3. The van der Waals surface area contributed by atoms with Crippen LogP contribution in [-0.2, 0) is 12.8 Å². The maximum absolute atomic E-state index is 5.69. The van der Waals surface area contributed by atoms with E-state index < -0.39 is 0 Å². The zero-order valence-electron chi connectivity index (χ0n) is 12.6. The summed E-state index contributed by atoms with van der Waals surface area (Å²) in [4.78, 5) is 0. The molecule has 1 atom stereocenters. The van der Waals surface area contributed by atoms with Gasteiger partial charge in [-0.1, -0.05) is 42.5 Å². The van der Waals surface area contributed by atoms with E-state index in [2.05, 4.69) is 47.9 Å². The van der Waals surface area contributed by atoms with Crippen LogP contribution in [0.3, 0.4) is 0 Å². The molecule has 0 spiro atoms. The minimum atomic E-state index is 0.292. The first-order chi connectivity index (χ1) is 10.3. The molecule has 1 unspecified atom stereocenters. The SMILES string of the molecule is COc1cccc(CC(CCCc2ccccc2)NN)c1. The van der Waals surface area contributed by atoms with E-state index in [1.165, 1.54) is 11.1 Å². The van der Waals surface area contributed by atoms with Crippen LogP contribution in [0.2, 0.25) is 0 Å². The van der Waals surface area contributed by atoms with Crippen molar-refractivity contribution in [3.63, 3.8) is 0 Å². The highest BCUT2D eigenvalue weighted by molar-refractivity contribution is 5.29. The fourth-order valence-electron chi connectivity index (χ4n) is 2.53. The monoisotopic (exact) mass is 284 g/mol. The number of nitrogens with two attached hydrogens (primary N) is 1. The summed E-state index contributed by atoms with van der Waals surface area (Å²) in [6.07, 6.45) is 4.20. The smallest absolute Gasteiger partial charge is 0.119 e. The summed E-state index contributed by atoms with van der Waals surface area (Å²) in [5.74, 6) is 6.59. The van der Waals surface area contributed by atoms with E-state index in [1.807, 2.05) is 12.1 Å². The zero-order chi connectivity index (χ0) is 14.9. The van der Waals surface area contributed by atoms with Crippen LogP contribution >= 0.6 is 0 Å². The summed E-state index contributed by atoms with van der Waals surface area (Å²) >= 11 is 0. The molecule has 2 aromatic carbocycles. The van der Waals surface area contributed by atoms with Crippen LogP contribution in [0.1, 0.15) is 24.0 Å². The number of hydrazine groups is 1. The van der Waals surface area contributed by atoms with Gasteiger partial charge in [0.05, 0.1) is 7.11 Å². The van der Waals surface area contributed by atoms with Gasteiger partial charge in [0.1, 0.15) is 5.75 Å². The van der Waals surface area contributed by atoms with Gasteiger partial charge in [0.25, 0.3) is 0 Å². The molecule has 2 rings (SSSR count). The third-order valence-electron chi connectivity index (χ3n) is 3.71. The lowest BCUT2D eigenvalue weighted by atomic mass is 9.99. The first kappa shape index (κ1) is 15.5. The van der Waals surface area contributed by atoms with Crippen LogP contribution in [0.5, 0.6) is 5.75 Å². The number of hydrogen-bond donors (Lipinski definition) is 2. The van der Waals surface area contributed by atoms with Gasteiger partial charge in [0.2, 0.25) is 0 Å². The van der Waals surface area contributed by atoms with Gasteiger partial charge in [-0.25, -0.2) is 0 Å². The predicted octanol–water partition coefficient (Wildman–Crippen LogP) is 3.09. The highest BCUT2D eigenvalue weighted by atomic mass is 16.5. The Kier molecular flexibility index (Phi) is 6.25. The second kappa shape index (κ2) is 8.45. The molecule has 0 fully saturated rings. The van der Waals surface area contributed by atoms with Gasteiger partial charge in [-0.05, 0) is 48.9 Å². The molecule has 0 bridgehead atoms. The average molecular weight is 284 g/mol. The van der Waals surface area contributed by atoms with Crippen LogP contribution in [0.25, 0.3) is 0 Å². The van der Waals surface area contributed by atoms with E-state index in [0.717, 1.165) is 31.4 Å². The fraction of sp³-hybridized carbons (Fsp3) is 0.333. The molecule has 0 saturated carbocycles. The Bertz CT molecular complexity index is 528. The number of methoxy groups -OCH3 is 1. The summed E-state index contributed by atoms with van der Waals surface area (Å²) in [6, 6.07) is 19.0. The second-order valence-corrected chi connectivity index (χ2v) is 5.30. The van der Waals surface area contributed by atoms with Crippen molar-refractivity contribution >= 4 is 0 Å². The zero-order valence-corrected chi connectivity index (χ0v) is 12.6. The highest BCUT2D eigenvalue weighted by Gasteiger charge is 2.08. The molecule has 0 aliphatic heterocycles. The van der Waals surface area contributed by atoms with Crippen molar-refractivity contribution in [2.45, 2.75) is 31.7 Å². The Hall–Kier alpha value is -1.84. The molecule has 3 heteroatoms. The van der Waals surface area contributed by atoms with E-state index in [-0.39, 0.29) is 0 Å². The number of rotatable bonds is 8. The van der Waals surface area contributed by atoms with Crippen LogP contribution in [-0.4, -0.2) is 13.2 Å². The van der Waals surface area contributed by atoms with Crippen LogP contribution < -0.4 is 16.0 Å². The molecule has 112 valence electrons. The lowest BCUT2D eigenvalue weighted by Crippen LogP contribution is -2.36. The lowest BCUT2D eigenvalue weighted by molar-refractivity contribution is 0.413. The molecule has 3 nitrogen and oxygen atoms in total. The first-order valence-corrected chi connectivity index (χ1v) is 7.45. The average Bonchev–Trinajstić information content (AvgIpc) is 2.55. The van der Waals surface area contributed by atoms with Gasteiger partial charge < -0.3 is 4.74 Å². The Balaban J connectivity index is 1.82. The van der Waals surface area contributed by atoms with Crippen LogP contribution in [0.15, 0.2) is 54.6 Å². The van der Waals surface area contributed by atoms with Crippen molar-refractivity contribution in [3.8, 4) is 5.75 Å². The van der Waals surface area contributed by atoms with Gasteiger partial charge >= 0.3 is 0 Å². The molecule has 0 amide bonds. The third kappa shape index (κ3) is 5.21. The fourth-order valence-corrected chi connectivity index (χ4v) is 2.53. The number of ether oxygens (including phenoxy) is 1. The number of aryl methyl sites for hydroxylation is 1. The topological polar surface area (TPSA) is 47.3 Å². The standard InChI is InChI=1S/C18H24N2O/c1-21-18-12-6-10-16(14-18)13-17(20-19)11-5-9-15-7-3-2-4-8-15/h2-4,6-8,10,12,14,17,20H,5,9,11,13,19H2,1H3. The first-order valence-electron chi connectivity index (χ1n) is 7.45. The van der Waals surface area contributed by atoms with Gasteiger partial charge in [-0.2, -0.15) is 0 Å². The molecule has 0 saturated heterocycles. The molecule has 0 aliphatic carbocycles. The van der Waals surface area contributed by atoms with Crippen LogP contribution in [0.4, 0.5) is 0 Å². The van der Waals surface area contributed by atoms with Crippen LogP contribution in [0, 0.1) is 0 Å². The van der Waals surface area contributed by atoms with E-state index in [4.69, 9.17) is 10.6 Å². The quantitative estimate of drug-likeness (QED) is 0.578. The Labute approximate surface area is 127 Å². The van der Waals surface area contributed by atoms with Gasteiger partial charge in [-0.3, -0.25) is 11.3 Å². The summed E-state index contributed by atoms with van der Waals surface area (Å²) in [5, 5.41) is 0. The van der Waals surface area contributed by atoms with Crippen molar-refractivity contribution in [2.24, 2.45) is 5.84 Å². The van der Waals surface area contributed by atoms with Gasteiger partial charge in [0, 0.05) is 6.04 Å². The third-order valence-corrected chi connectivity index (χ3v) is 3.71. The van der Waals surface area contributed by atoms with Crippen molar-refractivity contribution in [2.75, 3.05) is 7.11 Å². The molecular formula is C18H24N2O. The second-order valence-electron chi connectivity index (χ2n) is 5.30. The maximum atomic E-state index is 5.69. The number of benzene rings is 2. The van der Waals surface area contributed by atoms with Gasteiger partial charge in [-0.15, -0.1) is 0 Å². The molecule has 2 aromatic rings. The number of nitrogens with one attached hydrogen (secondary N) is 1. The summed E-state index contributed by atoms with van der Waals surface area (Å²) in [7, 11) is 1.69. The van der Waals surface area contributed by atoms with Crippen molar-refractivity contribution in [1.29, 1.82) is 0 Å². The van der Waals surface area contributed by atoms with Crippen molar-refractivity contribution in [3.05, 3.63) is 65.7 Å². The largest absolute Gasteiger partial charge is 0.497 e. The van der Waals surface area contributed by atoms with Crippen molar-refractivity contribution < 1.29 is 4.74 Å². The van der Waals surface area contributed by atoms with Gasteiger partial charge in [0.15, 0.2) is 0 Å². The Morgan fingerprint density at radius 1 is 1.05 bits per heavy atom. The predicted molar refractivity (Wildman–Crippen MR) is 87.2 cm³/mol. The minimum absolute atomic E-state index is 0.292. The maximum Gasteiger partial charge on any atom is 0.119 e. The molecular weight excluding hydrogens is 260 g/mol.